The van der Waals surface area contributed by atoms with Crippen LogP contribution in [0.1, 0.15) is 56.4 Å². The minimum absolute atomic E-state index is 0.0127. The van der Waals surface area contributed by atoms with E-state index in [1.54, 1.807) is 31.2 Å². The fraction of sp³-hybridized carbons (Fsp3) is 0.355. The molecule has 1 aromatic carbocycles. The number of nitrogens with zero attached hydrogens (tertiary/aromatic N) is 2. The van der Waals surface area contributed by atoms with Gasteiger partial charge in [-0.25, -0.2) is 18.3 Å². The first-order valence-corrected chi connectivity index (χ1v) is 13.3. The van der Waals surface area contributed by atoms with E-state index in [4.69, 9.17) is 5.11 Å². The third-order valence-electron chi connectivity index (χ3n) is 6.69. The van der Waals surface area contributed by atoms with Gasteiger partial charge >= 0.3 is 5.97 Å². The second-order valence-corrected chi connectivity index (χ2v) is 10.1. The molecule has 3 N–H and O–H groups in total. The van der Waals surface area contributed by atoms with Crippen LogP contribution in [0, 0.1) is 31.4 Å². The normalized spacial score (nSPS) is 13.3. The maximum Gasteiger partial charge on any atom is 0.330 e. The number of aromatic nitrogens is 2. The van der Waals surface area contributed by atoms with Gasteiger partial charge in [0.25, 0.3) is 5.91 Å². The van der Waals surface area contributed by atoms with Crippen molar-refractivity contribution in [2.24, 2.45) is 5.92 Å². The molecule has 0 saturated heterocycles. The molecule has 220 valence electrons. The van der Waals surface area contributed by atoms with E-state index < -0.39 is 17.7 Å². The summed E-state index contributed by atoms with van der Waals surface area (Å²) in [6, 6.07) is 4.22. The van der Waals surface area contributed by atoms with Crippen LogP contribution in [0.3, 0.4) is 0 Å². The minimum Gasteiger partial charge on any atom is -0.478 e. The highest BCUT2D eigenvalue weighted by molar-refractivity contribution is 6.14. The topological polar surface area (TPSA) is 113 Å². The van der Waals surface area contributed by atoms with E-state index in [0.717, 1.165) is 16.4 Å². The lowest BCUT2D eigenvalue weighted by Gasteiger charge is -2.25. The SMILES string of the molecule is C=CCC(NC(=O)/C(=C/C(=C)CC(=O)NCc1ccc(F)c(C)c1)n1ncc(F)c1C)[C@H](C)CC/C=C(\C)C(=O)O. The Labute approximate surface area is 239 Å². The Balaban J connectivity index is 2.18. The van der Waals surface area contributed by atoms with Crippen LogP contribution in [0.2, 0.25) is 0 Å². The Kier molecular flexibility index (Phi) is 12.4. The molecule has 0 bridgehead atoms. The van der Waals surface area contributed by atoms with E-state index >= 15 is 0 Å². The van der Waals surface area contributed by atoms with Crippen molar-refractivity contribution in [2.45, 2.75) is 66.0 Å². The van der Waals surface area contributed by atoms with Crippen LogP contribution < -0.4 is 10.6 Å². The average molecular weight is 569 g/mol. The molecule has 0 aliphatic carbocycles. The number of halogens is 2. The van der Waals surface area contributed by atoms with Crippen molar-refractivity contribution in [3.63, 3.8) is 0 Å². The lowest BCUT2D eigenvalue weighted by molar-refractivity contribution is -0.132. The second kappa shape index (κ2) is 15.4. The Morgan fingerprint density at radius 2 is 1.90 bits per heavy atom. The van der Waals surface area contributed by atoms with Crippen LogP contribution in [-0.4, -0.2) is 38.7 Å². The third kappa shape index (κ3) is 9.97. The lowest BCUT2D eigenvalue weighted by atomic mass is 9.93. The van der Waals surface area contributed by atoms with Crippen molar-refractivity contribution in [3.05, 3.63) is 95.4 Å². The molecule has 2 atom stereocenters. The summed E-state index contributed by atoms with van der Waals surface area (Å²) >= 11 is 0. The summed E-state index contributed by atoms with van der Waals surface area (Å²) in [4.78, 5) is 37.1. The van der Waals surface area contributed by atoms with Gasteiger partial charge in [0, 0.05) is 18.2 Å². The van der Waals surface area contributed by atoms with E-state index in [9.17, 15) is 23.2 Å². The third-order valence-corrected chi connectivity index (χ3v) is 6.69. The molecule has 0 aliphatic heterocycles. The van der Waals surface area contributed by atoms with Crippen molar-refractivity contribution in [2.75, 3.05) is 0 Å². The number of carbonyl (C=O) groups is 3. The molecular formula is C31H38F2N4O4. The number of allylic oxidation sites excluding steroid dienone is 2. The molecular weight excluding hydrogens is 530 g/mol. The Hall–Kier alpha value is -4.34. The van der Waals surface area contributed by atoms with Crippen molar-refractivity contribution >= 4 is 23.5 Å². The summed E-state index contributed by atoms with van der Waals surface area (Å²) < 4.78 is 28.8. The summed E-state index contributed by atoms with van der Waals surface area (Å²) in [5, 5.41) is 18.8. The number of aliphatic carboxylic acids is 1. The van der Waals surface area contributed by atoms with Gasteiger partial charge in [-0.05, 0) is 74.8 Å². The molecule has 0 saturated carbocycles. The van der Waals surface area contributed by atoms with Gasteiger partial charge in [-0.2, -0.15) is 5.10 Å². The van der Waals surface area contributed by atoms with Gasteiger partial charge in [0.1, 0.15) is 11.5 Å². The number of nitrogens with one attached hydrogen (secondary N) is 2. The summed E-state index contributed by atoms with van der Waals surface area (Å²) in [6.45, 7) is 14.4. The average Bonchev–Trinajstić information content (AvgIpc) is 3.24. The standard InChI is InChI=1S/C31H38F2N4O4/c1-7-9-27(20(3)10-8-11-21(4)31(40)41)36-30(39)28(37-23(6)26(33)18-35-37)14-19(2)15-29(38)34-17-24-12-13-25(32)22(5)16-24/h7,11-14,16,18,20,27H,1-2,8-10,15,17H2,3-6H3,(H,34,38)(H,36,39)(H,40,41)/b21-11+,28-14-/t20-,27?/m1/s1. The molecule has 1 aromatic heterocycles. The molecule has 2 amide bonds. The number of amides is 2. The molecule has 8 nitrogen and oxygen atoms in total. The lowest BCUT2D eigenvalue weighted by Crippen LogP contribution is -2.40. The number of carboxylic acids is 1. The highest BCUT2D eigenvalue weighted by Crippen LogP contribution is 2.19. The summed E-state index contributed by atoms with van der Waals surface area (Å²) in [7, 11) is 0. The van der Waals surface area contributed by atoms with E-state index in [1.807, 2.05) is 6.92 Å². The molecule has 0 spiro atoms. The van der Waals surface area contributed by atoms with Crippen molar-refractivity contribution in [1.82, 2.24) is 20.4 Å². The Morgan fingerprint density at radius 3 is 2.49 bits per heavy atom. The van der Waals surface area contributed by atoms with Gasteiger partial charge in [-0.3, -0.25) is 9.59 Å². The monoisotopic (exact) mass is 568 g/mol. The fourth-order valence-electron chi connectivity index (χ4n) is 4.09. The number of aryl methyl sites for hydroxylation is 1. The summed E-state index contributed by atoms with van der Waals surface area (Å²) in [5.74, 6) is -2.86. The predicted octanol–water partition coefficient (Wildman–Crippen LogP) is 5.39. The van der Waals surface area contributed by atoms with Gasteiger partial charge in [0.2, 0.25) is 5.91 Å². The number of rotatable bonds is 15. The second-order valence-electron chi connectivity index (χ2n) is 10.1. The molecule has 0 fully saturated rings. The summed E-state index contributed by atoms with van der Waals surface area (Å²) in [5.41, 5.74) is 1.84. The molecule has 2 rings (SSSR count). The van der Waals surface area contributed by atoms with Crippen LogP contribution in [0.25, 0.3) is 5.70 Å². The quantitative estimate of drug-likeness (QED) is 0.152. The van der Waals surface area contributed by atoms with E-state index in [1.165, 1.54) is 26.0 Å². The van der Waals surface area contributed by atoms with Gasteiger partial charge in [-0.15, -0.1) is 6.58 Å². The largest absolute Gasteiger partial charge is 0.478 e. The maximum atomic E-state index is 14.2. The van der Waals surface area contributed by atoms with Crippen molar-refractivity contribution in [3.8, 4) is 0 Å². The highest BCUT2D eigenvalue weighted by atomic mass is 19.1. The first-order valence-electron chi connectivity index (χ1n) is 13.3. The number of hydrogen-bond donors (Lipinski definition) is 3. The Morgan fingerprint density at radius 1 is 1.20 bits per heavy atom. The zero-order valence-corrected chi connectivity index (χ0v) is 24.0. The molecule has 0 aliphatic rings. The molecule has 1 unspecified atom stereocenters. The van der Waals surface area contributed by atoms with E-state index in [-0.39, 0.29) is 53.6 Å². The predicted molar refractivity (Wildman–Crippen MR) is 154 cm³/mol. The Bertz CT molecular complexity index is 1360. The van der Waals surface area contributed by atoms with Crippen LogP contribution in [0.15, 0.2) is 66.9 Å². The van der Waals surface area contributed by atoms with Crippen molar-refractivity contribution in [1.29, 1.82) is 0 Å². The first kappa shape index (κ1) is 32.9. The van der Waals surface area contributed by atoms with Gasteiger partial charge in [0.05, 0.1) is 18.3 Å². The maximum absolute atomic E-state index is 14.2. The van der Waals surface area contributed by atoms with Gasteiger partial charge in [0.15, 0.2) is 5.82 Å². The van der Waals surface area contributed by atoms with Crippen LogP contribution in [0.4, 0.5) is 8.78 Å². The molecule has 0 radical (unpaired) electrons. The van der Waals surface area contributed by atoms with E-state index in [0.29, 0.717) is 30.4 Å². The zero-order valence-electron chi connectivity index (χ0n) is 24.0. The number of carboxylic acid groups (broad SMARTS) is 1. The molecule has 41 heavy (non-hydrogen) atoms. The summed E-state index contributed by atoms with van der Waals surface area (Å²) in [6.07, 6.45) is 7.13. The van der Waals surface area contributed by atoms with E-state index in [2.05, 4.69) is 28.9 Å². The van der Waals surface area contributed by atoms with Crippen LogP contribution in [-0.2, 0) is 20.9 Å². The van der Waals surface area contributed by atoms with Crippen LogP contribution in [0.5, 0.6) is 0 Å². The zero-order chi connectivity index (χ0) is 30.7. The first-order chi connectivity index (χ1) is 19.3. The van der Waals surface area contributed by atoms with Gasteiger partial charge < -0.3 is 15.7 Å². The smallest absolute Gasteiger partial charge is 0.330 e. The highest BCUT2D eigenvalue weighted by Gasteiger charge is 2.23. The van der Waals surface area contributed by atoms with Crippen LogP contribution >= 0.6 is 0 Å². The fourth-order valence-corrected chi connectivity index (χ4v) is 4.09. The molecule has 1 heterocycles. The molecule has 2 aromatic rings. The minimum atomic E-state index is -0.982. The number of carbonyl (C=O) groups excluding carboxylic acids is 2. The van der Waals surface area contributed by atoms with Crippen molar-refractivity contribution < 1.29 is 28.3 Å². The molecule has 10 heteroatoms. The number of hydrogen-bond acceptors (Lipinski definition) is 4. The van der Waals surface area contributed by atoms with Gasteiger partial charge in [-0.1, -0.05) is 37.8 Å². The number of benzene rings is 1.